The smallest absolute Gasteiger partial charge is 0.161 e. The number of hydrogen-bond acceptors (Lipinski definition) is 2. The number of ketones is 1. The predicted molar refractivity (Wildman–Crippen MR) is 65.0 cm³/mol. The average molecular weight is 258 g/mol. The van der Waals surface area contributed by atoms with Crippen LogP contribution in [0.25, 0.3) is 0 Å². The van der Waals surface area contributed by atoms with Gasteiger partial charge in [0.2, 0.25) is 0 Å². The summed E-state index contributed by atoms with van der Waals surface area (Å²) in [5.74, 6) is 0.0758. The highest BCUT2D eigenvalue weighted by molar-refractivity contribution is 9.10. The predicted octanol–water partition coefficient (Wildman–Crippen LogP) is 3.72. The summed E-state index contributed by atoms with van der Waals surface area (Å²) >= 11 is 3.33. The largest absolute Gasteiger partial charge is 0.388 e. The fourth-order valence-electron chi connectivity index (χ4n) is 1.03. The normalized spacial score (nSPS) is 8.64. The SMILES string of the molecule is CC.CNc1cc(Br)ccc1C(C)=O. The van der Waals surface area contributed by atoms with Gasteiger partial charge in [-0.05, 0) is 25.1 Å². The highest BCUT2D eigenvalue weighted by Crippen LogP contribution is 2.21. The molecule has 78 valence electrons. The quantitative estimate of drug-likeness (QED) is 0.819. The Morgan fingerprint density at radius 3 is 2.36 bits per heavy atom. The van der Waals surface area contributed by atoms with Crippen molar-refractivity contribution in [3.8, 4) is 0 Å². The molecule has 0 radical (unpaired) electrons. The van der Waals surface area contributed by atoms with Gasteiger partial charge in [0.05, 0.1) is 0 Å². The number of carbonyl (C=O) groups is 1. The second kappa shape index (κ2) is 6.60. The van der Waals surface area contributed by atoms with Crippen LogP contribution in [0, 0.1) is 0 Å². The Balaban J connectivity index is 0.000000791. The van der Waals surface area contributed by atoms with E-state index in [0.717, 1.165) is 15.7 Å². The Hall–Kier alpha value is -0.830. The van der Waals surface area contributed by atoms with Gasteiger partial charge in [0, 0.05) is 22.8 Å². The van der Waals surface area contributed by atoms with E-state index in [4.69, 9.17) is 0 Å². The van der Waals surface area contributed by atoms with E-state index in [2.05, 4.69) is 21.2 Å². The summed E-state index contributed by atoms with van der Waals surface area (Å²) in [5, 5.41) is 2.97. The molecule has 0 heterocycles. The summed E-state index contributed by atoms with van der Waals surface area (Å²) in [4.78, 5) is 11.1. The lowest BCUT2D eigenvalue weighted by Crippen LogP contribution is -1.99. The fourth-order valence-corrected chi connectivity index (χ4v) is 1.39. The molecule has 0 aromatic heterocycles. The van der Waals surface area contributed by atoms with Gasteiger partial charge in [-0.25, -0.2) is 0 Å². The Morgan fingerprint density at radius 2 is 1.93 bits per heavy atom. The third-order valence-corrected chi connectivity index (χ3v) is 2.12. The molecule has 14 heavy (non-hydrogen) atoms. The van der Waals surface area contributed by atoms with Crippen LogP contribution in [0.5, 0.6) is 0 Å². The minimum absolute atomic E-state index is 0.0758. The maximum Gasteiger partial charge on any atom is 0.161 e. The van der Waals surface area contributed by atoms with Crippen molar-refractivity contribution in [3.63, 3.8) is 0 Å². The molecule has 0 spiro atoms. The molecule has 1 N–H and O–H groups in total. The second-order valence-electron chi connectivity index (χ2n) is 2.50. The first-order valence-electron chi connectivity index (χ1n) is 4.63. The van der Waals surface area contributed by atoms with E-state index in [-0.39, 0.29) is 5.78 Å². The summed E-state index contributed by atoms with van der Waals surface area (Å²) in [6.07, 6.45) is 0. The van der Waals surface area contributed by atoms with Gasteiger partial charge in [-0.2, -0.15) is 0 Å². The number of Topliss-reactive ketones (excluding diaryl/α,β-unsaturated/α-hetero) is 1. The standard InChI is InChI=1S/C9H10BrNO.C2H6/c1-6(12)8-4-3-7(10)5-9(8)11-2;1-2/h3-5,11H,1-2H3;1-2H3. The number of nitrogens with one attached hydrogen (secondary N) is 1. The van der Waals surface area contributed by atoms with Crippen molar-refractivity contribution in [3.05, 3.63) is 28.2 Å². The number of benzene rings is 1. The lowest BCUT2D eigenvalue weighted by Gasteiger charge is -2.05. The number of halogens is 1. The molecule has 0 aliphatic heterocycles. The molecule has 0 saturated heterocycles. The molecule has 1 aromatic rings. The highest BCUT2D eigenvalue weighted by Gasteiger charge is 2.05. The molecule has 1 rings (SSSR count). The zero-order valence-corrected chi connectivity index (χ0v) is 10.6. The zero-order valence-electron chi connectivity index (χ0n) is 9.02. The summed E-state index contributed by atoms with van der Waals surface area (Å²) in [6.45, 7) is 5.56. The summed E-state index contributed by atoms with van der Waals surface area (Å²) in [5.41, 5.74) is 1.58. The van der Waals surface area contributed by atoms with Crippen molar-refractivity contribution in [2.75, 3.05) is 12.4 Å². The van der Waals surface area contributed by atoms with E-state index in [1.807, 2.05) is 26.0 Å². The Bertz CT molecular complexity index is 310. The maximum atomic E-state index is 11.1. The van der Waals surface area contributed by atoms with Crippen LogP contribution in [0.4, 0.5) is 5.69 Å². The molecular weight excluding hydrogens is 242 g/mol. The number of hydrogen-bond donors (Lipinski definition) is 1. The van der Waals surface area contributed by atoms with Crippen LogP contribution >= 0.6 is 15.9 Å². The van der Waals surface area contributed by atoms with Gasteiger partial charge >= 0.3 is 0 Å². The molecule has 0 saturated carbocycles. The van der Waals surface area contributed by atoms with Gasteiger partial charge in [0.1, 0.15) is 0 Å². The first kappa shape index (κ1) is 13.2. The van der Waals surface area contributed by atoms with Crippen molar-refractivity contribution in [2.24, 2.45) is 0 Å². The molecule has 0 aliphatic carbocycles. The fraction of sp³-hybridized carbons (Fsp3) is 0.364. The van der Waals surface area contributed by atoms with Crippen LogP contribution in [-0.2, 0) is 0 Å². The molecule has 0 aliphatic rings. The van der Waals surface area contributed by atoms with Crippen LogP contribution in [0.3, 0.4) is 0 Å². The van der Waals surface area contributed by atoms with E-state index in [9.17, 15) is 4.79 Å². The molecule has 0 bridgehead atoms. The Kier molecular flexibility index (Phi) is 6.21. The van der Waals surface area contributed by atoms with Crippen LogP contribution in [0.15, 0.2) is 22.7 Å². The summed E-state index contributed by atoms with van der Waals surface area (Å²) in [7, 11) is 1.80. The highest BCUT2D eigenvalue weighted by atomic mass is 79.9. The van der Waals surface area contributed by atoms with Crippen molar-refractivity contribution < 1.29 is 4.79 Å². The van der Waals surface area contributed by atoms with Crippen LogP contribution in [-0.4, -0.2) is 12.8 Å². The first-order valence-corrected chi connectivity index (χ1v) is 5.42. The molecule has 0 fully saturated rings. The van der Waals surface area contributed by atoms with Crippen LogP contribution in [0.2, 0.25) is 0 Å². The van der Waals surface area contributed by atoms with Gasteiger partial charge in [-0.1, -0.05) is 29.8 Å². The molecule has 0 atom stereocenters. The van der Waals surface area contributed by atoms with Crippen molar-refractivity contribution in [2.45, 2.75) is 20.8 Å². The minimum Gasteiger partial charge on any atom is -0.388 e. The van der Waals surface area contributed by atoms with Crippen LogP contribution < -0.4 is 5.32 Å². The maximum absolute atomic E-state index is 11.1. The van der Waals surface area contributed by atoms with Crippen molar-refractivity contribution in [1.82, 2.24) is 0 Å². The first-order chi connectivity index (χ1) is 6.65. The molecule has 2 nitrogen and oxygen atoms in total. The lowest BCUT2D eigenvalue weighted by atomic mass is 10.1. The van der Waals surface area contributed by atoms with Crippen molar-refractivity contribution in [1.29, 1.82) is 0 Å². The van der Waals surface area contributed by atoms with Gasteiger partial charge in [-0.3, -0.25) is 4.79 Å². The third-order valence-electron chi connectivity index (χ3n) is 1.63. The van der Waals surface area contributed by atoms with Crippen molar-refractivity contribution >= 4 is 27.4 Å². The Labute approximate surface area is 93.8 Å². The minimum atomic E-state index is 0.0758. The topological polar surface area (TPSA) is 29.1 Å². The second-order valence-corrected chi connectivity index (χ2v) is 3.41. The molecule has 0 unspecified atom stereocenters. The van der Waals surface area contributed by atoms with Gasteiger partial charge in [0.25, 0.3) is 0 Å². The van der Waals surface area contributed by atoms with E-state index in [1.54, 1.807) is 20.0 Å². The van der Waals surface area contributed by atoms with Crippen LogP contribution in [0.1, 0.15) is 31.1 Å². The lowest BCUT2D eigenvalue weighted by molar-refractivity contribution is 0.101. The summed E-state index contributed by atoms with van der Waals surface area (Å²) in [6, 6.07) is 5.55. The average Bonchev–Trinajstić information content (AvgIpc) is 2.20. The van der Waals surface area contributed by atoms with Gasteiger partial charge in [0.15, 0.2) is 5.78 Å². The molecular formula is C11H16BrNO. The zero-order chi connectivity index (χ0) is 11.1. The van der Waals surface area contributed by atoms with Gasteiger partial charge < -0.3 is 5.32 Å². The number of carbonyl (C=O) groups excluding carboxylic acids is 1. The summed E-state index contributed by atoms with van der Waals surface area (Å²) < 4.78 is 0.969. The van der Waals surface area contributed by atoms with E-state index < -0.39 is 0 Å². The molecule has 0 amide bonds. The van der Waals surface area contributed by atoms with E-state index in [0.29, 0.717) is 0 Å². The van der Waals surface area contributed by atoms with Gasteiger partial charge in [-0.15, -0.1) is 0 Å². The third kappa shape index (κ3) is 3.50. The van der Waals surface area contributed by atoms with E-state index in [1.165, 1.54) is 0 Å². The number of rotatable bonds is 2. The Morgan fingerprint density at radius 1 is 1.36 bits per heavy atom. The van der Waals surface area contributed by atoms with E-state index >= 15 is 0 Å². The molecule has 3 heteroatoms. The molecule has 1 aromatic carbocycles. The monoisotopic (exact) mass is 257 g/mol. The number of anilines is 1.